The molecule has 0 unspecified atom stereocenters. The third-order valence-corrected chi connectivity index (χ3v) is 6.80. The van der Waals surface area contributed by atoms with Crippen LogP contribution in [0.25, 0.3) is 0 Å². The Labute approximate surface area is 120 Å². The van der Waals surface area contributed by atoms with Gasteiger partial charge in [-0.05, 0) is 43.0 Å². The van der Waals surface area contributed by atoms with E-state index in [1.54, 1.807) is 12.1 Å². The number of carboxylic acids is 1. The Morgan fingerprint density at radius 2 is 1.89 bits per heavy atom. The minimum Gasteiger partial charge on any atom is -0.480 e. The zero-order chi connectivity index (χ0) is 14.3. The fourth-order valence-corrected chi connectivity index (χ4v) is 4.86. The molecule has 1 aromatic carbocycles. The number of hydrogen-bond donors (Lipinski definition) is 1. The molecule has 0 spiro atoms. The number of carbonyl (C=O) groups is 1. The number of aliphatic carboxylic acids is 1. The zero-order valence-electron chi connectivity index (χ0n) is 10.5. The molecule has 0 aromatic heterocycles. The summed E-state index contributed by atoms with van der Waals surface area (Å²) in [4.78, 5) is 11.5. The van der Waals surface area contributed by atoms with Crippen molar-refractivity contribution in [2.24, 2.45) is 5.92 Å². The molecular weight excluding hydrogens is 332 g/mol. The highest BCUT2D eigenvalue weighted by Gasteiger charge is 2.59. The molecule has 104 valence electrons. The van der Waals surface area contributed by atoms with Crippen molar-refractivity contribution in [3.8, 4) is 0 Å². The van der Waals surface area contributed by atoms with Gasteiger partial charge in [-0.2, -0.15) is 0 Å². The monoisotopic (exact) mass is 346 g/mol. The maximum absolute atomic E-state index is 12.6. The van der Waals surface area contributed by atoms with E-state index in [1.807, 2.05) is 6.92 Å². The molecule has 1 aromatic rings. The quantitative estimate of drug-likeness (QED) is 0.909. The lowest BCUT2D eigenvalue weighted by Crippen LogP contribution is -2.56. The van der Waals surface area contributed by atoms with Gasteiger partial charge in [0.1, 0.15) is 0 Å². The molecule has 0 atom stereocenters. The summed E-state index contributed by atoms with van der Waals surface area (Å²) in [7, 11) is -3.84. The standard InChI is InChI=1S/C13H15BrO4S/c1-2-9-7-13(8-9,12(15)16)19(17,18)11-5-3-10(14)4-6-11/h3-6,9H,2,7-8H2,1H3,(H,15,16). The van der Waals surface area contributed by atoms with Gasteiger partial charge in [0, 0.05) is 4.47 Å². The Balaban J connectivity index is 2.43. The van der Waals surface area contributed by atoms with Crippen molar-refractivity contribution < 1.29 is 18.3 Å². The van der Waals surface area contributed by atoms with E-state index in [2.05, 4.69) is 15.9 Å². The minimum absolute atomic E-state index is 0.0765. The zero-order valence-corrected chi connectivity index (χ0v) is 12.9. The molecule has 0 amide bonds. The van der Waals surface area contributed by atoms with E-state index in [9.17, 15) is 18.3 Å². The summed E-state index contributed by atoms with van der Waals surface area (Å²) in [5.41, 5.74) is 0. The second kappa shape index (κ2) is 4.90. The lowest BCUT2D eigenvalue weighted by Gasteiger charge is -2.43. The number of hydrogen-bond acceptors (Lipinski definition) is 3. The molecule has 1 N–H and O–H groups in total. The van der Waals surface area contributed by atoms with Gasteiger partial charge in [0.2, 0.25) is 0 Å². The summed E-state index contributed by atoms with van der Waals surface area (Å²) in [6, 6.07) is 6.11. The molecule has 1 aliphatic rings. The third-order valence-electron chi connectivity index (χ3n) is 3.84. The fraction of sp³-hybridized carbons (Fsp3) is 0.462. The van der Waals surface area contributed by atoms with Gasteiger partial charge in [0.25, 0.3) is 0 Å². The molecule has 1 fully saturated rings. The lowest BCUT2D eigenvalue weighted by molar-refractivity contribution is -0.144. The summed E-state index contributed by atoms with van der Waals surface area (Å²) in [6.45, 7) is 1.95. The number of sulfone groups is 1. The molecule has 19 heavy (non-hydrogen) atoms. The van der Waals surface area contributed by atoms with Crippen LogP contribution in [0.3, 0.4) is 0 Å². The molecule has 0 saturated heterocycles. The van der Waals surface area contributed by atoms with E-state index in [4.69, 9.17) is 0 Å². The second-order valence-corrected chi connectivity index (χ2v) is 8.11. The van der Waals surface area contributed by atoms with E-state index >= 15 is 0 Å². The van der Waals surface area contributed by atoms with Crippen LogP contribution < -0.4 is 0 Å². The summed E-state index contributed by atoms with van der Waals surface area (Å²) < 4.78 is 24.2. The number of benzene rings is 1. The Morgan fingerprint density at radius 3 is 2.32 bits per heavy atom. The summed E-state index contributed by atoms with van der Waals surface area (Å²) in [6.07, 6.45) is 1.22. The Morgan fingerprint density at radius 1 is 1.37 bits per heavy atom. The molecule has 0 heterocycles. The lowest BCUT2D eigenvalue weighted by atomic mass is 9.73. The van der Waals surface area contributed by atoms with Crippen LogP contribution in [0.5, 0.6) is 0 Å². The molecule has 2 rings (SSSR count). The van der Waals surface area contributed by atoms with Crippen LogP contribution in [0.4, 0.5) is 0 Å². The first-order valence-electron chi connectivity index (χ1n) is 6.07. The average molecular weight is 347 g/mol. The topological polar surface area (TPSA) is 71.4 Å². The van der Waals surface area contributed by atoms with Gasteiger partial charge in [-0.3, -0.25) is 4.79 Å². The van der Waals surface area contributed by atoms with Gasteiger partial charge in [-0.1, -0.05) is 29.3 Å². The van der Waals surface area contributed by atoms with Crippen LogP contribution in [-0.2, 0) is 14.6 Å². The van der Waals surface area contributed by atoms with E-state index in [1.165, 1.54) is 12.1 Å². The molecule has 0 aliphatic heterocycles. The van der Waals surface area contributed by atoms with E-state index in [-0.39, 0.29) is 23.7 Å². The van der Waals surface area contributed by atoms with Crippen LogP contribution in [0, 0.1) is 5.92 Å². The smallest absolute Gasteiger partial charge is 0.325 e. The van der Waals surface area contributed by atoms with Crippen molar-refractivity contribution >= 4 is 31.7 Å². The third kappa shape index (κ3) is 2.21. The van der Waals surface area contributed by atoms with Crippen molar-refractivity contribution in [3.05, 3.63) is 28.7 Å². The molecule has 4 nitrogen and oxygen atoms in total. The number of halogens is 1. The molecule has 1 aliphatic carbocycles. The van der Waals surface area contributed by atoms with Gasteiger partial charge < -0.3 is 5.11 Å². The first-order valence-corrected chi connectivity index (χ1v) is 8.34. The highest BCUT2D eigenvalue weighted by molar-refractivity contribution is 9.10. The second-order valence-electron chi connectivity index (χ2n) is 4.94. The predicted octanol–water partition coefficient (Wildman–Crippen LogP) is 2.87. The van der Waals surface area contributed by atoms with Gasteiger partial charge in [-0.15, -0.1) is 0 Å². The molecule has 6 heteroatoms. The van der Waals surface area contributed by atoms with Crippen LogP contribution in [0.15, 0.2) is 33.6 Å². The summed E-state index contributed by atoms with van der Waals surface area (Å²) >= 11 is 3.23. The highest BCUT2D eigenvalue weighted by atomic mass is 79.9. The largest absolute Gasteiger partial charge is 0.480 e. The van der Waals surface area contributed by atoms with Crippen molar-refractivity contribution in [1.29, 1.82) is 0 Å². The Bertz CT molecular complexity index is 586. The van der Waals surface area contributed by atoms with E-state index in [0.29, 0.717) is 0 Å². The van der Waals surface area contributed by atoms with Gasteiger partial charge >= 0.3 is 5.97 Å². The first kappa shape index (κ1) is 14.5. The number of carboxylic acid groups (broad SMARTS) is 1. The Kier molecular flexibility index (Phi) is 3.75. The first-order chi connectivity index (χ1) is 8.83. The summed E-state index contributed by atoms with van der Waals surface area (Å²) in [5, 5.41) is 9.36. The van der Waals surface area contributed by atoms with E-state index in [0.717, 1.165) is 10.9 Å². The normalized spacial score (nSPS) is 26.7. The highest BCUT2D eigenvalue weighted by Crippen LogP contribution is 2.48. The molecule has 1 saturated carbocycles. The molecule has 0 radical (unpaired) electrons. The average Bonchev–Trinajstić information content (AvgIpc) is 2.27. The molecule has 0 bridgehead atoms. The maximum Gasteiger partial charge on any atom is 0.325 e. The fourth-order valence-electron chi connectivity index (χ4n) is 2.51. The van der Waals surface area contributed by atoms with Crippen LogP contribution in [0.1, 0.15) is 26.2 Å². The van der Waals surface area contributed by atoms with Crippen molar-refractivity contribution in [2.75, 3.05) is 0 Å². The van der Waals surface area contributed by atoms with Crippen LogP contribution in [0.2, 0.25) is 0 Å². The van der Waals surface area contributed by atoms with Crippen LogP contribution >= 0.6 is 15.9 Å². The summed E-state index contributed by atoms with van der Waals surface area (Å²) in [5.74, 6) is -1.05. The van der Waals surface area contributed by atoms with Crippen molar-refractivity contribution in [3.63, 3.8) is 0 Å². The predicted molar refractivity (Wildman–Crippen MR) is 74.7 cm³/mol. The number of rotatable bonds is 4. The van der Waals surface area contributed by atoms with Gasteiger partial charge in [-0.25, -0.2) is 8.42 Å². The molecular formula is C13H15BrO4S. The van der Waals surface area contributed by atoms with Crippen LogP contribution in [-0.4, -0.2) is 24.2 Å². The van der Waals surface area contributed by atoms with Gasteiger partial charge in [0.15, 0.2) is 14.6 Å². The minimum atomic E-state index is -3.84. The Hall–Kier alpha value is -0.880. The maximum atomic E-state index is 12.6. The van der Waals surface area contributed by atoms with Gasteiger partial charge in [0.05, 0.1) is 4.90 Å². The SMILES string of the molecule is CCC1CC(C(=O)O)(S(=O)(=O)c2ccc(Br)cc2)C1. The van der Waals surface area contributed by atoms with Crippen molar-refractivity contribution in [2.45, 2.75) is 35.8 Å². The van der Waals surface area contributed by atoms with E-state index < -0.39 is 20.6 Å². The van der Waals surface area contributed by atoms with Crippen molar-refractivity contribution in [1.82, 2.24) is 0 Å².